The van der Waals surface area contributed by atoms with E-state index in [9.17, 15) is 15.0 Å². The number of nitrogens with one attached hydrogen (secondary N) is 1. The maximum absolute atomic E-state index is 10.6. The number of fused-ring (bicyclic) bond motifs is 2. The predicted octanol–water partition coefficient (Wildman–Crippen LogP) is 3.88. The average Bonchev–Trinajstić information content (AvgIpc) is 2.63. The molecule has 1 aliphatic carbocycles. The number of hydrogen-bond donors (Lipinski definition) is 3. The number of carbonyl (C=O) groups is 1. The number of allylic oxidation sites excluding steroid dienone is 1. The summed E-state index contributed by atoms with van der Waals surface area (Å²) in [6.07, 6.45) is 3.62. The van der Waals surface area contributed by atoms with Crippen molar-refractivity contribution in [3.05, 3.63) is 57.8 Å². The number of phenolic OH excluding ortho intramolecular Hbond substituents is 1. The number of unbranched alkanes of at least 4 members (excludes halogenated alkanes) is 1. The Bertz CT molecular complexity index is 845. The Morgan fingerprint density at radius 2 is 2.11 bits per heavy atom. The fraction of sp³-hybridized carbons (Fsp3) is 0.435. The van der Waals surface area contributed by atoms with E-state index >= 15 is 0 Å². The Morgan fingerprint density at radius 3 is 2.74 bits per heavy atom. The molecule has 1 aromatic rings. The van der Waals surface area contributed by atoms with Gasteiger partial charge in [-0.1, -0.05) is 20.4 Å². The van der Waals surface area contributed by atoms with Gasteiger partial charge in [0.05, 0.1) is 6.61 Å². The van der Waals surface area contributed by atoms with Gasteiger partial charge in [-0.3, -0.25) is 0 Å². The average molecular weight is 367 g/mol. The molecule has 3 rings (SSSR count). The van der Waals surface area contributed by atoms with Crippen LogP contribution in [0.15, 0.2) is 41.1 Å². The zero-order chi connectivity index (χ0) is 19.7. The van der Waals surface area contributed by atoms with Crippen molar-refractivity contribution in [1.29, 1.82) is 0 Å². The summed E-state index contributed by atoms with van der Waals surface area (Å²) in [7, 11) is 0. The Hall–Kier alpha value is -2.33. The van der Waals surface area contributed by atoms with Crippen LogP contribution in [-0.2, 0) is 17.6 Å². The van der Waals surface area contributed by atoms with Gasteiger partial charge >= 0.3 is 0 Å². The van der Waals surface area contributed by atoms with Crippen LogP contribution in [0.4, 0.5) is 0 Å². The van der Waals surface area contributed by atoms with Gasteiger partial charge in [-0.2, -0.15) is 0 Å². The first-order chi connectivity index (χ1) is 12.9. The highest BCUT2D eigenvalue weighted by atomic mass is 16.3. The van der Waals surface area contributed by atoms with Crippen LogP contribution in [-0.4, -0.2) is 23.1 Å². The van der Waals surface area contributed by atoms with E-state index in [-0.39, 0.29) is 12.5 Å². The van der Waals surface area contributed by atoms with Crippen molar-refractivity contribution in [2.75, 3.05) is 6.61 Å². The van der Waals surface area contributed by atoms with E-state index in [1.165, 1.54) is 5.57 Å². The number of rotatable bonds is 6. The predicted molar refractivity (Wildman–Crippen MR) is 108 cm³/mol. The molecule has 0 amide bonds. The standard InChI is InChI=1S/C23H29NO3/c1-13(2)18-10-17-11-21(27)16(7-5-6-8-25)9-19(17)23-22(18)20(12-26)14(3)15(4)24-23/h8-9,11,13,18,24,26-27H,4-7,10,12H2,1-3H3. The first kappa shape index (κ1) is 19.4. The maximum Gasteiger partial charge on any atom is 0.120 e. The summed E-state index contributed by atoms with van der Waals surface area (Å²) in [6, 6.07) is 3.91. The van der Waals surface area contributed by atoms with Gasteiger partial charge in [-0.05, 0) is 78.0 Å². The van der Waals surface area contributed by atoms with E-state index in [4.69, 9.17) is 0 Å². The molecular weight excluding hydrogens is 338 g/mol. The van der Waals surface area contributed by atoms with Crippen molar-refractivity contribution in [3.8, 4) is 5.75 Å². The van der Waals surface area contributed by atoms with Crippen LogP contribution in [0.1, 0.15) is 50.3 Å². The molecule has 0 aromatic heterocycles. The Kier molecular flexibility index (Phi) is 5.56. The SMILES string of the molecule is C=C1NC2=C(C(CO)=C1C)C(C(C)C)Cc1cc(O)c(CCCC=O)cc12. The van der Waals surface area contributed by atoms with Gasteiger partial charge in [0.15, 0.2) is 0 Å². The lowest BCUT2D eigenvalue weighted by atomic mass is 9.71. The number of phenols is 1. The first-order valence-corrected chi connectivity index (χ1v) is 9.69. The summed E-state index contributed by atoms with van der Waals surface area (Å²) < 4.78 is 0. The minimum atomic E-state index is -0.00576. The summed E-state index contributed by atoms with van der Waals surface area (Å²) in [6.45, 7) is 10.5. The molecule has 1 unspecified atom stereocenters. The van der Waals surface area contributed by atoms with E-state index in [1.807, 2.05) is 19.1 Å². The molecule has 0 fully saturated rings. The zero-order valence-electron chi connectivity index (χ0n) is 16.4. The molecule has 27 heavy (non-hydrogen) atoms. The number of carbonyl (C=O) groups excluding carboxylic acids is 1. The molecule has 1 aromatic carbocycles. The molecule has 4 heteroatoms. The summed E-state index contributed by atoms with van der Waals surface area (Å²) in [5.41, 5.74) is 8.00. The van der Waals surface area contributed by atoms with Gasteiger partial charge in [0.25, 0.3) is 0 Å². The van der Waals surface area contributed by atoms with E-state index in [1.54, 1.807) is 0 Å². The number of hydrogen-bond acceptors (Lipinski definition) is 4. The maximum atomic E-state index is 10.6. The normalized spacial score (nSPS) is 19.1. The van der Waals surface area contributed by atoms with Crippen molar-refractivity contribution in [1.82, 2.24) is 5.32 Å². The largest absolute Gasteiger partial charge is 0.508 e. The summed E-state index contributed by atoms with van der Waals surface area (Å²) in [5.74, 6) is 0.973. The molecule has 0 bridgehead atoms. The third-order valence-electron chi connectivity index (χ3n) is 5.89. The minimum Gasteiger partial charge on any atom is -0.508 e. The van der Waals surface area contributed by atoms with Crippen LogP contribution in [0, 0.1) is 11.8 Å². The lowest BCUT2D eigenvalue weighted by Crippen LogP contribution is -2.32. The summed E-state index contributed by atoms with van der Waals surface area (Å²) >= 11 is 0. The molecule has 0 spiro atoms. The molecule has 1 heterocycles. The van der Waals surface area contributed by atoms with Crippen LogP contribution >= 0.6 is 0 Å². The number of aldehydes is 1. The third-order valence-corrected chi connectivity index (χ3v) is 5.89. The van der Waals surface area contributed by atoms with E-state index in [0.717, 1.165) is 58.4 Å². The molecular formula is C23H29NO3. The van der Waals surface area contributed by atoms with Gasteiger partial charge < -0.3 is 20.3 Å². The van der Waals surface area contributed by atoms with Gasteiger partial charge in [0.1, 0.15) is 12.0 Å². The fourth-order valence-corrected chi connectivity index (χ4v) is 4.23. The lowest BCUT2D eigenvalue weighted by molar-refractivity contribution is -0.107. The molecule has 0 saturated heterocycles. The topological polar surface area (TPSA) is 69.6 Å². The molecule has 0 saturated carbocycles. The highest BCUT2D eigenvalue weighted by Crippen LogP contribution is 2.45. The van der Waals surface area contributed by atoms with Crippen molar-refractivity contribution in [2.45, 2.75) is 46.5 Å². The summed E-state index contributed by atoms with van der Waals surface area (Å²) in [4.78, 5) is 10.6. The van der Waals surface area contributed by atoms with Gasteiger partial charge in [-0.15, -0.1) is 0 Å². The van der Waals surface area contributed by atoms with Crippen LogP contribution in [0.3, 0.4) is 0 Å². The third kappa shape index (κ3) is 3.46. The number of aliphatic hydroxyl groups is 1. The van der Waals surface area contributed by atoms with Crippen molar-refractivity contribution >= 4 is 12.0 Å². The number of aryl methyl sites for hydroxylation is 1. The Labute approximate surface area is 161 Å². The van der Waals surface area contributed by atoms with E-state index < -0.39 is 0 Å². The van der Waals surface area contributed by atoms with Gasteiger partial charge in [0.2, 0.25) is 0 Å². The number of aromatic hydroxyl groups is 1. The highest BCUT2D eigenvalue weighted by molar-refractivity contribution is 5.81. The summed E-state index contributed by atoms with van der Waals surface area (Å²) in [5, 5.41) is 24.0. The quantitative estimate of drug-likeness (QED) is 0.527. The second kappa shape index (κ2) is 7.73. The van der Waals surface area contributed by atoms with E-state index in [0.29, 0.717) is 24.5 Å². The second-order valence-corrected chi connectivity index (χ2v) is 7.91. The molecule has 4 nitrogen and oxygen atoms in total. The number of dihydropyridines is 1. The number of aliphatic hydroxyl groups excluding tert-OH is 1. The lowest BCUT2D eigenvalue weighted by Gasteiger charge is -2.38. The molecule has 2 aliphatic rings. The Morgan fingerprint density at radius 1 is 1.37 bits per heavy atom. The second-order valence-electron chi connectivity index (χ2n) is 7.91. The van der Waals surface area contributed by atoms with Crippen LogP contribution in [0.2, 0.25) is 0 Å². The molecule has 1 aliphatic heterocycles. The van der Waals surface area contributed by atoms with Gasteiger partial charge in [0, 0.05) is 23.4 Å². The zero-order valence-corrected chi connectivity index (χ0v) is 16.4. The molecule has 3 N–H and O–H groups in total. The first-order valence-electron chi connectivity index (χ1n) is 9.69. The molecule has 0 radical (unpaired) electrons. The molecule has 144 valence electrons. The van der Waals surface area contributed by atoms with Crippen molar-refractivity contribution in [3.63, 3.8) is 0 Å². The molecule has 1 atom stereocenters. The number of benzene rings is 1. The fourth-order valence-electron chi connectivity index (χ4n) is 4.23. The van der Waals surface area contributed by atoms with Crippen LogP contribution in [0.5, 0.6) is 5.75 Å². The highest BCUT2D eigenvalue weighted by Gasteiger charge is 2.35. The van der Waals surface area contributed by atoms with Crippen LogP contribution < -0.4 is 5.32 Å². The van der Waals surface area contributed by atoms with Gasteiger partial charge in [-0.25, -0.2) is 0 Å². The Balaban J connectivity index is 2.16. The van der Waals surface area contributed by atoms with E-state index in [2.05, 4.69) is 25.7 Å². The van der Waals surface area contributed by atoms with Crippen molar-refractivity contribution < 1.29 is 15.0 Å². The monoisotopic (exact) mass is 367 g/mol. The van der Waals surface area contributed by atoms with Crippen LogP contribution in [0.25, 0.3) is 5.70 Å². The van der Waals surface area contributed by atoms with Crippen molar-refractivity contribution in [2.24, 2.45) is 11.8 Å². The smallest absolute Gasteiger partial charge is 0.120 e. The minimum absolute atomic E-state index is 0.00576.